The molecule has 6 nitrogen and oxygen atoms in total. The Morgan fingerprint density at radius 1 is 1.03 bits per heavy atom. The summed E-state index contributed by atoms with van der Waals surface area (Å²) in [7, 11) is 0. The molecule has 0 radical (unpaired) electrons. The molecule has 0 aromatic heterocycles. The second kappa shape index (κ2) is 12.3. The van der Waals surface area contributed by atoms with Crippen LogP contribution in [0, 0.1) is 0 Å². The first-order valence-corrected chi connectivity index (χ1v) is 9.78. The van der Waals surface area contributed by atoms with Crippen LogP contribution in [0.1, 0.15) is 37.4 Å². The van der Waals surface area contributed by atoms with Crippen LogP contribution in [0.2, 0.25) is 0 Å². The van der Waals surface area contributed by atoms with Gasteiger partial charge < -0.3 is 9.47 Å². The van der Waals surface area contributed by atoms with Gasteiger partial charge in [-0.3, -0.25) is 14.7 Å². The number of carbonyl (C=O) groups is 2. The summed E-state index contributed by atoms with van der Waals surface area (Å²) in [5.74, 6) is -0.459. The minimum Gasteiger partial charge on any atom is -0.465 e. The Balaban J connectivity index is 1.89. The molecule has 0 heterocycles. The first-order valence-electron chi connectivity index (χ1n) is 9.78. The number of nitrogens with zero attached hydrogens (tertiary/aromatic N) is 2. The number of esters is 1. The number of rotatable bonds is 10. The number of hydrogen-bond acceptors (Lipinski definition) is 5. The van der Waals surface area contributed by atoms with Crippen LogP contribution in [-0.4, -0.2) is 42.9 Å². The van der Waals surface area contributed by atoms with Gasteiger partial charge in [-0.05, 0) is 25.0 Å². The van der Waals surface area contributed by atoms with Gasteiger partial charge in [0.15, 0.2) is 0 Å². The van der Waals surface area contributed by atoms with Crippen LogP contribution >= 0.6 is 0 Å². The van der Waals surface area contributed by atoms with Crippen LogP contribution in [0.25, 0.3) is 0 Å². The monoisotopic (exact) mass is 396 g/mol. The van der Waals surface area contributed by atoms with Crippen molar-refractivity contribution in [3.63, 3.8) is 0 Å². The van der Waals surface area contributed by atoms with E-state index in [1.54, 1.807) is 13.1 Å². The predicted molar refractivity (Wildman–Crippen MR) is 113 cm³/mol. The fourth-order valence-electron chi connectivity index (χ4n) is 2.67. The molecule has 0 fully saturated rings. The van der Waals surface area contributed by atoms with Gasteiger partial charge in [-0.25, -0.2) is 4.79 Å². The molecule has 0 aliphatic carbocycles. The molecule has 6 heteroatoms. The van der Waals surface area contributed by atoms with Crippen molar-refractivity contribution < 1.29 is 19.1 Å². The number of carbonyl (C=O) groups excluding carboxylic acids is 2. The highest BCUT2D eigenvalue weighted by atomic mass is 16.6. The largest absolute Gasteiger partial charge is 0.465 e. The van der Waals surface area contributed by atoms with E-state index in [-0.39, 0.29) is 25.8 Å². The molecule has 2 rings (SSSR count). The Morgan fingerprint density at radius 2 is 1.69 bits per heavy atom. The molecule has 0 saturated heterocycles. The van der Waals surface area contributed by atoms with E-state index in [9.17, 15) is 9.59 Å². The molecule has 154 valence electrons. The number of aliphatic imine (C=N–C) groups is 1. The van der Waals surface area contributed by atoms with Crippen molar-refractivity contribution in [3.05, 3.63) is 71.8 Å². The minimum absolute atomic E-state index is 0.0275. The molecule has 1 unspecified atom stereocenters. The summed E-state index contributed by atoms with van der Waals surface area (Å²) in [5.41, 5.74) is 2.00. The van der Waals surface area contributed by atoms with E-state index in [0.717, 1.165) is 11.1 Å². The number of ether oxygens (including phenoxy) is 2. The summed E-state index contributed by atoms with van der Waals surface area (Å²) < 4.78 is 10.3. The van der Waals surface area contributed by atoms with E-state index in [1.807, 2.05) is 67.6 Å². The Morgan fingerprint density at radius 3 is 2.34 bits per heavy atom. The zero-order valence-corrected chi connectivity index (χ0v) is 17.0. The highest BCUT2D eigenvalue weighted by Crippen LogP contribution is 2.15. The van der Waals surface area contributed by atoms with Crippen LogP contribution in [0.5, 0.6) is 0 Å². The zero-order chi connectivity index (χ0) is 20.9. The van der Waals surface area contributed by atoms with Crippen molar-refractivity contribution in [2.24, 2.45) is 4.99 Å². The maximum atomic E-state index is 12.5. The van der Waals surface area contributed by atoms with Gasteiger partial charge in [0.1, 0.15) is 13.2 Å². The Labute approximate surface area is 172 Å². The van der Waals surface area contributed by atoms with Crippen molar-refractivity contribution in [2.45, 2.75) is 32.9 Å². The van der Waals surface area contributed by atoms with Gasteiger partial charge >= 0.3 is 12.1 Å². The normalized spacial score (nSPS) is 11.8. The summed E-state index contributed by atoms with van der Waals surface area (Å²) in [6.45, 7) is 4.32. The van der Waals surface area contributed by atoms with E-state index < -0.39 is 12.1 Å². The topological polar surface area (TPSA) is 68.2 Å². The van der Waals surface area contributed by atoms with Crippen LogP contribution in [0.15, 0.2) is 65.7 Å². The van der Waals surface area contributed by atoms with Crippen LogP contribution in [-0.2, 0) is 20.9 Å². The highest BCUT2D eigenvalue weighted by Gasteiger charge is 2.19. The van der Waals surface area contributed by atoms with Gasteiger partial charge in [-0.2, -0.15) is 0 Å². The molecule has 0 bridgehead atoms. The van der Waals surface area contributed by atoms with E-state index >= 15 is 0 Å². The summed E-state index contributed by atoms with van der Waals surface area (Å²) in [4.78, 5) is 30.2. The number of benzene rings is 2. The smallest absolute Gasteiger partial charge is 0.410 e. The van der Waals surface area contributed by atoms with E-state index in [0.29, 0.717) is 13.0 Å². The molecular formula is C23H28N2O4. The lowest BCUT2D eigenvalue weighted by atomic mass is 10.1. The van der Waals surface area contributed by atoms with E-state index in [2.05, 4.69) is 4.99 Å². The third-order valence-corrected chi connectivity index (χ3v) is 4.23. The second-order valence-corrected chi connectivity index (χ2v) is 6.47. The molecule has 0 saturated carbocycles. The summed E-state index contributed by atoms with van der Waals surface area (Å²) in [5, 5.41) is 0. The highest BCUT2D eigenvalue weighted by molar-refractivity contribution is 5.78. The van der Waals surface area contributed by atoms with Crippen molar-refractivity contribution >= 4 is 18.3 Å². The second-order valence-electron chi connectivity index (χ2n) is 6.47. The third-order valence-electron chi connectivity index (χ3n) is 4.23. The first kappa shape index (κ1) is 22.1. The van der Waals surface area contributed by atoms with Gasteiger partial charge in [0.05, 0.1) is 12.6 Å². The zero-order valence-electron chi connectivity index (χ0n) is 17.0. The molecule has 0 spiro atoms. The van der Waals surface area contributed by atoms with E-state index in [4.69, 9.17) is 9.47 Å². The average Bonchev–Trinajstić information content (AvgIpc) is 2.75. The maximum absolute atomic E-state index is 12.5. The molecule has 2 aromatic carbocycles. The summed E-state index contributed by atoms with van der Waals surface area (Å²) >= 11 is 0. The van der Waals surface area contributed by atoms with Crippen molar-refractivity contribution in [1.29, 1.82) is 0 Å². The standard InChI is InChI=1S/C23H28N2O4/c1-3-28-22(26)17-25(23(27)29-18-20-11-6-4-7-12-20)16-10-15-24-19(2)21-13-8-5-9-14-21/h4-9,11-15,19H,3,10,16-18H2,1-2H3/b24-15+. The van der Waals surface area contributed by atoms with Gasteiger partial charge in [0.25, 0.3) is 0 Å². The van der Waals surface area contributed by atoms with Gasteiger partial charge in [0.2, 0.25) is 0 Å². The van der Waals surface area contributed by atoms with Gasteiger partial charge in [-0.15, -0.1) is 0 Å². The number of amides is 1. The molecule has 29 heavy (non-hydrogen) atoms. The minimum atomic E-state index is -0.550. The van der Waals surface area contributed by atoms with Crippen molar-refractivity contribution in [3.8, 4) is 0 Å². The molecule has 0 aliphatic rings. The lowest BCUT2D eigenvalue weighted by Gasteiger charge is -2.20. The fraction of sp³-hybridized carbons (Fsp3) is 0.348. The van der Waals surface area contributed by atoms with Crippen molar-refractivity contribution in [2.75, 3.05) is 19.7 Å². The van der Waals surface area contributed by atoms with Crippen molar-refractivity contribution in [1.82, 2.24) is 4.90 Å². The molecule has 1 atom stereocenters. The Kier molecular flexibility index (Phi) is 9.42. The number of hydrogen-bond donors (Lipinski definition) is 0. The van der Waals surface area contributed by atoms with Crippen LogP contribution < -0.4 is 0 Å². The third kappa shape index (κ3) is 8.17. The summed E-state index contributed by atoms with van der Waals surface area (Å²) in [6, 6.07) is 19.4. The molecule has 1 amide bonds. The average molecular weight is 396 g/mol. The molecule has 2 aromatic rings. The fourth-order valence-corrected chi connectivity index (χ4v) is 2.67. The quantitative estimate of drug-likeness (QED) is 0.441. The maximum Gasteiger partial charge on any atom is 0.410 e. The first-order chi connectivity index (χ1) is 14.1. The lowest BCUT2D eigenvalue weighted by molar-refractivity contribution is -0.144. The van der Waals surface area contributed by atoms with Crippen LogP contribution in [0.4, 0.5) is 4.79 Å². The van der Waals surface area contributed by atoms with Crippen LogP contribution in [0.3, 0.4) is 0 Å². The lowest BCUT2D eigenvalue weighted by Crippen LogP contribution is -2.37. The SMILES string of the molecule is CCOC(=O)CN(CC/C=N/C(C)c1ccccc1)C(=O)OCc1ccccc1. The predicted octanol–water partition coefficient (Wildman–Crippen LogP) is 4.41. The summed E-state index contributed by atoms with van der Waals surface area (Å²) in [6.07, 6.45) is 1.74. The Hall–Kier alpha value is -3.15. The molecule has 0 N–H and O–H groups in total. The van der Waals surface area contributed by atoms with Gasteiger partial charge in [0, 0.05) is 19.2 Å². The van der Waals surface area contributed by atoms with Gasteiger partial charge in [-0.1, -0.05) is 60.7 Å². The Bertz CT molecular complexity index is 778. The molecule has 0 aliphatic heterocycles. The van der Waals surface area contributed by atoms with E-state index in [1.165, 1.54) is 4.90 Å². The molecular weight excluding hydrogens is 368 g/mol.